The molecule has 0 aromatic heterocycles. The summed E-state index contributed by atoms with van der Waals surface area (Å²) in [5, 5.41) is 3.79. The smallest absolute Gasteiger partial charge is 0.0375 e. The van der Waals surface area contributed by atoms with Gasteiger partial charge in [0.1, 0.15) is 0 Å². The monoisotopic (exact) mass is 299 g/mol. The molecule has 0 fully saturated rings. The number of para-hydroxylation sites is 1. The van der Waals surface area contributed by atoms with E-state index in [4.69, 9.17) is 0 Å². The van der Waals surface area contributed by atoms with Gasteiger partial charge < -0.3 is 5.32 Å². The van der Waals surface area contributed by atoms with E-state index in [0.717, 1.165) is 12.8 Å². The van der Waals surface area contributed by atoms with E-state index in [0.29, 0.717) is 12.0 Å². The molecule has 1 aliphatic rings. The van der Waals surface area contributed by atoms with Crippen molar-refractivity contribution in [2.45, 2.75) is 24.8 Å². The Labute approximate surface area is 138 Å². The van der Waals surface area contributed by atoms with Gasteiger partial charge in [0.15, 0.2) is 0 Å². The molecule has 1 nitrogen and oxygen atoms in total. The summed E-state index contributed by atoms with van der Waals surface area (Å²) in [6, 6.07) is 30.8. The zero-order chi connectivity index (χ0) is 15.5. The zero-order valence-electron chi connectivity index (χ0n) is 13.2. The molecule has 0 radical (unpaired) electrons. The fraction of sp³-hybridized carbons (Fsp3) is 0.182. The molecular formula is C22H21N. The lowest BCUT2D eigenvalue weighted by molar-refractivity contribution is 0.539. The minimum atomic E-state index is 0.426. The summed E-state index contributed by atoms with van der Waals surface area (Å²) in [6.07, 6.45) is 2.15. The van der Waals surface area contributed by atoms with Crippen molar-refractivity contribution in [2.24, 2.45) is 0 Å². The molecule has 1 heterocycles. The maximum atomic E-state index is 3.79. The van der Waals surface area contributed by atoms with E-state index in [1.54, 1.807) is 0 Å². The van der Waals surface area contributed by atoms with Crippen molar-refractivity contribution < 1.29 is 0 Å². The Bertz CT molecular complexity index is 764. The summed E-state index contributed by atoms with van der Waals surface area (Å²) in [5.41, 5.74) is 5.53. The molecule has 3 aromatic rings. The quantitative estimate of drug-likeness (QED) is 0.713. The van der Waals surface area contributed by atoms with Crippen molar-refractivity contribution >= 4 is 5.69 Å². The molecule has 1 N–H and O–H groups in total. The predicted octanol–water partition coefficient (Wildman–Crippen LogP) is 5.05. The lowest BCUT2D eigenvalue weighted by atomic mass is 9.80. The van der Waals surface area contributed by atoms with Gasteiger partial charge in [0.2, 0.25) is 0 Å². The predicted molar refractivity (Wildman–Crippen MR) is 96.9 cm³/mol. The molecule has 0 bridgehead atoms. The highest BCUT2D eigenvalue weighted by Gasteiger charge is 2.29. The van der Waals surface area contributed by atoms with Crippen LogP contribution >= 0.6 is 0 Å². The molecule has 0 saturated carbocycles. The summed E-state index contributed by atoms with van der Waals surface area (Å²) in [6.45, 7) is 0. The van der Waals surface area contributed by atoms with Crippen molar-refractivity contribution in [1.29, 1.82) is 0 Å². The van der Waals surface area contributed by atoms with Crippen LogP contribution in [0.25, 0.3) is 0 Å². The first-order valence-corrected chi connectivity index (χ1v) is 8.33. The molecule has 114 valence electrons. The van der Waals surface area contributed by atoms with Gasteiger partial charge in [-0.15, -0.1) is 0 Å². The van der Waals surface area contributed by atoms with Gasteiger partial charge >= 0.3 is 0 Å². The number of nitrogens with one attached hydrogen (secondary N) is 1. The number of fused-ring (bicyclic) bond motifs is 1. The highest BCUT2D eigenvalue weighted by molar-refractivity contribution is 5.56. The maximum absolute atomic E-state index is 3.79. The molecule has 1 aliphatic heterocycles. The molecule has 0 amide bonds. The van der Waals surface area contributed by atoms with Crippen molar-refractivity contribution in [3.05, 3.63) is 102 Å². The van der Waals surface area contributed by atoms with Crippen molar-refractivity contribution in [3.63, 3.8) is 0 Å². The normalized spacial score (nSPS) is 19.7. The summed E-state index contributed by atoms with van der Waals surface area (Å²) in [7, 11) is 0. The number of benzene rings is 3. The second-order valence-corrected chi connectivity index (χ2v) is 6.32. The summed E-state index contributed by atoms with van der Waals surface area (Å²) >= 11 is 0. The van der Waals surface area contributed by atoms with Gasteiger partial charge in [0.25, 0.3) is 0 Å². The third-order valence-corrected chi connectivity index (χ3v) is 4.81. The summed E-state index contributed by atoms with van der Waals surface area (Å²) in [5.74, 6) is 0.506. The van der Waals surface area contributed by atoms with Crippen LogP contribution < -0.4 is 5.32 Å². The highest BCUT2D eigenvalue weighted by Crippen LogP contribution is 2.35. The SMILES string of the molecule is c1ccc(C[C@@H]2Nc3ccccc3C[C@@H]2c2ccccc2)cc1. The first kappa shape index (κ1) is 14.1. The fourth-order valence-electron chi connectivity index (χ4n) is 3.63. The minimum absolute atomic E-state index is 0.426. The van der Waals surface area contributed by atoms with Crippen LogP contribution in [0.15, 0.2) is 84.9 Å². The van der Waals surface area contributed by atoms with Gasteiger partial charge in [-0.2, -0.15) is 0 Å². The van der Waals surface area contributed by atoms with E-state index in [-0.39, 0.29) is 0 Å². The zero-order valence-corrected chi connectivity index (χ0v) is 13.2. The Kier molecular flexibility index (Phi) is 3.85. The van der Waals surface area contributed by atoms with Crippen LogP contribution in [0.1, 0.15) is 22.6 Å². The Morgan fingerprint density at radius 3 is 2.17 bits per heavy atom. The lowest BCUT2D eigenvalue weighted by Gasteiger charge is -2.35. The van der Waals surface area contributed by atoms with Crippen LogP contribution in [0.3, 0.4) is 0 Å². The van der Waals surface area contributed by atoms with Crippen molar-refractivity contribution in [2.75, 3.05) is 5.32 Å². The molecule has 0 spiro atoms. The standard InChI is InChI=1S/C22H21N/c1-3-9-17(10-4-1)15-22-20(18-11-5-2-6-12-18)16-19-13-7-8-14-21(19)23-22/h1-14,20,22-23H,15-16H2/t20-,22+/m1/s1. The molecule has 4 rings (SSSR count). The Hall–Kier alpha value is -2.54. The largest absolute Gasteiger partial charge is 0.381 e. The van der Waals surface area contributed by atoms with Gasteiger partial charge in [-0.1, -0.05) is 78.9 Å². The molecule has 3 aromatic carbocycles. The van der Waals surface area contributed by atoms with Crippen LogP contribution in [-0.4, -0.2) is 6.04 Å². The first-order valence-electron chi connectivity index (χ1n) is 8.33. The molecule has 1 heteroatoms. The Morgan fingerprint density at radius 2 is 1.39 bits per heavy atom. The van der Waals surface area contributed by atoms with E-state index < -0.39 is 0 Å². The number of hydrogen-bond donors (Lipinski definition) is 1. The summed E-state index contributed by atoms with van der Waals surface area (Å²) in [4.78, 5) is 0. The van der Waals surface area contributed by atoms with Crippen molar-refractivity contribution in [3.8, 4) is 0 Å². The van der Waals surface area contributed by atoms with Gasteiger partial charge in [-0.3, -0.25) is 0 Å². The number of hydrogen-bond acceptors (Lipinski definition) is 1. The van der Waals surface area contributed by atoms with E-state index in [1.807, 2.05) is 0 Å². The molecule has 0 saturated heterocycles. The molecular weight excluding hydrogens is 278 g/mol. The number of rotatable bonds is 3. The van der Waals surface area contributed by atoms with E-state index in [1.165, 1.54) is 22.4 Å². The van der Waals surface area contributed by atoms with Gasteiger partial charge in [0.05, 0.1) is 0 Å². The average molecular weight is 299 g/mol. The topological polar surface area (TPSA) is 12.0 Å². The maximum Gasteiger partial charge on any atom is 0.0375 e. The molecule has 2 atom stereocenters. The van der Waals surface area contributed by atoms with E-state index >= 15 is 0 Å². The molecule has 23 heavy (non-hydrogen) atoms. The van der Waals surface area contributed by atoms with Crippen LogP contribution in [0.5, 0.6) is 0 Å². The van der Waals surface area contributed by atoms with Crippen LogP contribution in [0.2, 0.25) is 0 Å². The molecule has 0 aliphatic carbocycles. The second-order valence-electron chi connectivity index (χ2n) is 6.32. The third-order valence-electron chi connectivity index (χ3n) is 4.81. The average Bonchev–Trinajstić information content (AvgIpc) is 2.63. The highest BCUT2D eigenvalue weighted by atomic mass is 14.9. The van der Waals surface area contributed by atoms with Crippen LogP contribution in [-0.2, 0) is 12.8 Å². The van der Waals surface area contributed by atoms with Crippen LogP contribution in [0.4, 0.5) is 5.69 Å². The second kappa shape index (κ2) is 6.29. The fourth-order valence-corrected chi connectivity index (χ4v) is 3.63. The first-order chi connectivity index (χ1) is 11.4. The van der Waals surface area contributed by atoms with E-state index in [2.05, 4.69) is 90.2 Å². The van der Waals surface area contributed by atoms with Crippen LogP contribution in [0, 0.1) is 0 Å². The summed E-state index contributed by atoms with van der Waals surface area (Å²) < 4.78 is 0. The van der Waals surface area contributed by atoms with Gasteiger partial charge in [0, 0.05) is 17.6 Å². The minimum Gasteiger partial charge on any atom is -0.381 e. The number of anilines is 1. The third kappa shape index (κ3) is 3.00. The Morgan fingerprint density at radius 1 is 0.739 bits per heavy atom. The molecule has 0 unspecified atom stereocenters. The van der Waals surface area contributed by atoms with E-state index in [9.17, 15) is 0 Å². The van der Waals surface area contributed by atoms with Gasteiger partial charge in [-0.25, -0.2) is 0 Å². The lowest BCUT2D eigenvalue weighted by Crippen LogP contribution is -2.35. The van der Waals surface area contributed by atoms with Gasteiger partial charge in [-0.05, 0) is 35.6 Å². The Balaban J connectivity index is 1.68. The van der Waals surface area contributed by atoms with Crippen molar-refractivity contribution in [1.82, 2.24) is 0 Å².